The van der Waals surface area contributed by atoms with Crippen molar-refractivity contribution < 1.29 is 0 Å². The van der Waals surface area contributed by atoms with Crippen LogP contribution in [0.15, 0.2) is 45.8 Å². The fourth-order valence-electron chi connectivity index (χ4n) is 1.95. The first-order chi connectivity index (χ1) is 11.4. The molecule has 0 bridgehead atoms. The van der Waals surface area contributed by atoms with Gasteiger partial charge < -0.3 is 0 Å². The van der Waals surface area contributed by atoms with E-state index in [1.807, 2.05) is 34.3 Å². The van der Waals surface area contributed by atoms with Crippen molar-refractivity contribution in [2.45, 2.75) is 0 Å². The topological polar surface area (TPSA) is 0 Å². The van der Waals surface area contributed by atoms with Gasteiger partial charge in [-0.1, -0.05) is 17.2 Å². The van der Waals surface area contributed by atoms with Crippen LogP contribution in [0.3, 0.4) is 0 Å². The molecule has 4 rings (SSSR count). The minimum absolute atomic E-state index is 0.935. The van der Waals surface area contributed by atoms with Crippen LogP contribution >= 0.6 is 34.0 Å². The minimum atomic E-state index is 0.935. The Morgan fingerprint density at radius 1 is 0.478 bits per heavy atom. The zero-order chi connectivity index (χ0) is 15.5. The van der Waals surface area contributed by atoms with Crippen LogP contribution in [0.5, 0.6) is 0 Å². The van der Waals surface area contributed by atoms with E-state index in [0.29, 0.717) is 0 Å². The Bertz CT molecular complexity index is 1380. The maximum atomic E-state index is 3.23. The van der Waals surface area contributed by atoms with Gasteiger partial charge in [-0.15, -0.1) is 34.0 Å². The van der Waals surface area contributed by atoms with Crippen LogP contribution in [0.1, 0.15) is 0 Å². The molecule has 1 aliphatic carbocycles. The molecule has 3 aromatic rings. The molecule has 104 valence electrons. The molecule has 3 heteroatoms. The van der Waals surface area contributed by atoms with E-state index in [1.165, 1.54) is 0 Å². The van der Waals surface area contributed by atoms with Gasteiger partial charge in [0.2, 0.25) is 0 Å². The number of rotatable bonds is 0. The Balaban J connectivity index is 2.51. The first-order valence-corrected chi connectivity index (χ1v) is 9.32. The summed E-state index contributed by atoms with van der Waals surface area (Å²) in [5, 5.41) is 8.88. The maximum absolute atomic E-state index is 3.23. The average molecular weight is 342 g/mol. The smallest absolute Gasteiger partial charge is 0.0935 e. The van der Waals surface area contributed by atoms with Crippen LogP contribution in [0.2, 0.25) is 0 Å². The minimum Gasteiger partial charge on any atom is -0.134 e. The van der Waals surface area contributed by atoms with Gasteiger partial charge >= 0.3 is 0 Å². The highest BCUT2D eigenvalue weighted by Crippen LogP contribution is 1.81. The number of hydrogen-bond acceptors (Lipinski definition) is 3. The second-order valence-corrected chi connectivity index (χ2v) is 7.24. The SMILES string of the molecule is C1=C=C=c2sccc2=C=C=c2ccsc2=C=C=c2sccc2=C=1. The van der Waals surface area contributed by atoms with Crippen LogP contribution in [0, 0.1) is 0 Å². The highest BCUT2D eigenvalue weighted by Gasteiger charge is 1.86. The second kappa shape index (κ2) is 6.22. The molecule has 0 saturated carbocycles. The monoisotopic (exact) mass is 342 g/mol. The third-order valence-electron chi connectivity index (χ3n) is 3.05. The molecular weight excluding hydrogens is 336 g/mol. The molecule has 0 amide bonds. The second-order valence-electron chi connectivity index (χ2n) is 4.49. The van der Waals surface area contributed by atoms with Crippen molar-refractivity contribution in [2.75, 3.05) is 0 Å². The Kier molecular flexibility index (Phi) is 3.78. The summed E-state index contributed by atoms with van der Waals surface area (Å²) in [6, 6.07) is 6.00. The zero-order valence-corrected chi connectivity index (χ0v) is 14.1. The first-order valence-electron chi connectivity index (χ1n) is 6.69. The summed E-state index contributed by atoms with van der Waals surface area (Å²) in [6.07, 6.45) is 0. The van der Waals surface area contributed by atoms with E-state index in [1.54, 1.807) is 34.0 Å². The Morgan fingerprint density at radius 3 is 1.48 bits per heavy atom. The van der Waals surface area contributed by atoms with Crippen LogP contribution in [0.25, 0.3) is 34.4 Å². The molecule has 0 fully saturated rings. The van der Waals surface area contributed by atoms with Gasteiger partial charge in [0.25, 0.3) is 0 Å². The van der Waals surface area contributed by atoms with Crippen molar-refractivity contribution in [3.05, 3.63) is 75.1 Å². The van der Waals surface area contributed by atoms with Gasteiger partial charge in [0.05, 0.1) is 29.3 Å². The van der Waals surface area contributed by atoms with E-state index in [-0.39, 0.29) is 0 Å². The molecule has 0 spiro atoms. The van der Waals surface area contributed by atoms with Crippen molar-refractivity contribution in [3.8, 4) is 0 Å². The standard InChI is InChI=1S/C20H6S3/c1-2-4-18-16(10-13-21-18)5-6-17-11-14-23-20(17)8-7-19-15(3-1)9-12-22-19/h9-14H. The summed E-state index contributed by atoms with van der Waals surface area (Å²) in [5.41, 5.74) is 24.9. The molecule has 0 aromatic carbocycles. The summed E-state index contributed by atoms with van der Waals surface area (Å²) in [5.74, 6) is 0. The maximum Gasteiger partial charge on any atom is 0.0935 e. The lowest BCUT2D eigenvalue weighted by Gasteiger charge is -1.68. The van der Waals surface area contributed by atoms with Crippen molar-refractivity contribution in [3.63, 3.8) is 0 Å². The first kappa shape index (κ1) is 14.0. The quantitative estimate of drug-likeness (QED) is 0.409. The van der Waals surface area contributed by atoms with E-state index in [2.05, 4.69) is 45.8 Å². The molecule has 0 aliphatic heterocycles. The summed E-state index contributed by atoms with van der Waals surface area (Å²) >= 11 is 4.80. The van der Waals surface area contributed by atoms with E-state index < -0.39 is 0 Å². The molecule has 0 unspecified atom stereocenters. The van der Waals surface area contributed by atoms with Gasteiger partial charge in [0.1, 0.15) is 0 Å². The normalized spacial score (nSPS) is 10.6. The van der Waals surface area contributed by atoms with E-state index in [4.69, 9.17) is 0 Å². The van der Waals surface area contributed by atoms with Crippen LogP contribution in [0.4, 0.5) is 0 Å². The Hall–Kier alpha value is -2.66. The van der Waals surface area contributed by atoms with E-state index in [9.17, 15) is 0 Å². The predicted molar refractivity (Wildman–Crippen MR) is 98.2 cm³/mol. The van der Waals surface area contributed by atoms with Gasteiger partial charge in [-0.3, -0.25) is 0 Å². The van der Waals surface area contributed by atoms with Crippen LogP contribution in [-0.4, -0.2) is 0 Å². The van der Waals surface area contributed by atoms with E-state index >= 15 is 0 Å². The number of fused-ring (bicyclic) bond motifs is 3. The Morgan fingerprint density at radius 2 is 0.913 bits per heavy atom. The lowest BCUT2D eigenvalue weighted by Crippen LogP contribution is -2.17. The molecule has 1 aliphatic rings. The summed E-state index contributed by atoms with van der Waals surface area (Å²) in [4.78, 5) is 0. The molecule has 3 heterocycles. The summed E-state index contributed by atoms with van der Waals surface area (Å²) in [6.45, 7) is 0. The third-order valence-corrected chi connectivity index (χ3v) is 5.54. The third kappa shape index (κ3) is 2.96. The van der Waals surface area contributed by atoms with Crippen molar-refractivity contribution in [1.82, 2.24) is 0 Å². The van der Waals surface area contributed by atoms with Gasteiger partial charge in [-0.2, -0.15) is 0 Å². The van der Waals surface area contributed by atoms with Crippen LogP contribution in [-0.2, 0) is 0 Å². The Labute approximate surface area is 143 Å². The fourth-order valence-corrected chi connectivity index (χ4v) is 4.04. The molecule has 0 nitrogen and oxygen atoms in total. The highest BCUT2D eigenvalue weighted by atomic mass is 32.1. The number of hydrogen-bond donors (Lipinski definition) is 0. The lowest BCUT2D eigenvalue weighted by molar-refractivity contribution is 1.73. The molecule has 3 aromatic heterocycles. The van der Waals surface area contributed by atoms with Crippen molar-refractivity contribution >= 4 is 68.4 Å². The predicted octanol–water partition coefficient (Wildman–Crippen LogP) is 0.540. The molecular formula is C20H6S3. The van der Waals surface area contributed by atoms with Gasteiger partial charge in [0, 0.05) is 0 Å². The molecule has 0 atom stereocenters. The van der Waals surface area contributed by atoms with Gasteiger partial charge in [-0.25, -0.2) is 0 Å². The average Bonchev–Trinajstić information content (AvgIpc) is 3.28. The summed E-state index contributed by atoms with van der Waals surface area (Å²) < 4.78 is 2.92. The fraction of sp³-hybridized carbons (Fsp3) is 0. The lowest BCUT2D eigenvalue weighted by atomic mass is 10.4. The molecule has 0 radical (unpaired) electrons. The highest BCUT2D eigenvalue weighted by molar-refractivity contribution is 7.08. The van der Waals surface area contributed by atoms with Crippen molar-refractivity contribution in [1.29, 1.82) is 0 Å². The zero-order valence-electron chi connectivity index (χ0n) is 11.7. The summed E-state index contributed by atoms with van der Waals surface area (Å²) in [7, 11) is 0. The molecule has 0 saturated heterocycles. The van der Waals surface area contributed by atoms with Gasteiger partial charge in [0.15, 0.2) is 0 Å². The number of thiophene rings is 3. The van der Waals surface area contributed by atoms with E-state index in [0.717, 1.165) is 29.3 Å². The van der Waals surface area contributed by atoms with Crippen molar-refractivity contribution in [2.24, 2.45) is 0 Å². The molecule has 0 N–H and O–H groups in total. The largest absolute Gasteiger partial charge is 0.134 e. The van der Waals surface area contributed by atoms with Crippen LogP contribution < -0.4 is 29.3 Å². The molecule has 23 heavy (non-hydrogen) atoms. The van der Waals surface area contributed by atoms with Gasteiger partial charge in [-0.05, 0) is 63.0 Å².